The summed E-state index contributed by atoms with van der Waals surface area (Å²) in [5.41, 5.74) is 3.15. The lowest BCUT2D eigenvalue weighted by Gasteiger charge is -2.27. The molecule has 0 saturated carbocycles. The third-order valence-electron chi connectivity index (χ3n) is 5.04. The maximum atomic E-state index is 12.9. The average Bonchev–Trinajstić information content (AvgIpc) is 2.98. The molecular weight excluding hydrogens is 288 g/mol. The third kappa shape index (κ3) is 3.34. The lowest BCUT2D eigenvalue weighted by atomic mass is 9.91. The molecule has 3 rings (SSSR count). The monoisotopic (exact) mass is 316 g/mol. The van der Waals surface area contributed by atoms with Gasteiger partial charge in [-0.25, -0.2) is 0 Å². The van der Waals surface area contributed by atoms with Gasteiger partial charge in [0.25, 0.3) is 5.91 Å². The van der Waals surface area contributed by atoms with Crippen LogP contribution in [0, 0.1) is 0 Å². The molecule has 0 aromatic carbocycles. The molecule has 1 saturated heterocycles. The van der Waals surface area contributed by atoms with Crippen LogP contribution in [0.4, 0.5) is 0 Å². The zero-order chi connectivity index (χ0) is 16.2. The zero-order valence-corrected chi connectivity index (χ0v) is 14.2. The molecule has 1 amide bonds. The Balaban J connectivity index is 1.84. The summed E-state index contributed by atoms with van der Waals surface area (Å²) < 4.78 is 2.04. The number of hydrogen-bond acceptors (Lipinski definition) is 3. The quantitative estimate of drug-likeness (QED) is 0.847. The van der Waals surface area contributed by atoms with Crippen LogP contribution >= 0.6 is 0 Å². The van der Waals surface area contributed by atoms with Crippen LogP contribution < -0.4 is 5.32 Å². The average molecular weight is 316 g/mol. The number of carbonyl (C=O) groups is 1. The Morgan fingerprint density at radius 3 is 2.87 bits per heavy atom. The molecule has 1 aliphatic heterocycles. The first kappa shape index (κ1) is 16.2. The van der Waals surface area contributed by atoms with Gasteiger partial charge < -0.3 is 10.2 Å². The SMILES string of the molecule is C=CCNC1CCc2c(c(C(=O)N3CCCCC3)nn2CC)C1. The molecule has 2 aliphatic rings. The minimum Gasteiger partial charge on any atom is -0.337 e. The molecule has 23 heavy (non-hydrogen) atoms. The van der Waals surface area contributed by atoms with Crippen LogP contribution in [0.1, 0.15) is 54.4 Å². The summed E-state index contributed by atoms with van der Waals surface area (Å²) >= 11 is 0. The molecular formula is C18H28N4O. The molecule has 0 spiro atoms. The van der Waals surface area contributed by atoms with Gasteiger partial charge >= 0.3 is 0 Å². The Morgan fingerprint density at radius 1 is 1.39 bits per heavy atom. The van der Waals surface area contributed by atoms with E-state index in [0.29, 0.717) is 11.7 Å². The normalized spacial score (nSPS) is 21.1. The van der Waals surface area contributed by atoms with Crippen molar-refractivity contribution >= 4 is 5.91 Å². The molecule has 1 fully saturated rings. The summed E-state index contributed by atoms with van der Waals surface area (Å²) in [6.07, 6.45) is 8.36. The number of piperidine rings is 1. The first-order chi connectivity index (χ1) is 11.2. The van der Waals surface area contributed by atoms with Gasteiger partial charge in [-0.1, -0.05) is 6.08 Å². The Labute approximate surface area is 138 Å². The molecule has 1 aliphatic carbocycles. The predicted octanol–water partition coefficient (Wildman–Crippen LogP) is 2.16. The van der Waals surface area contributed by atoms with E-state index in [4.69, 9.17) is 0 Å². The summed E-state index contributed by atoms with van der Waals surface area (Å²) in [7, 11) is 0. The molecule has 1 atom stereocenters. The van der Waals surface area contributed by atoms with Crippen LogP contribution in [0.2, 0.25) is 0 Å². The van der Waals surface area contributed by atoms with Gasteiger partial charge in [0.1, 0.15) is 0 Å². The van der Waals surface area contributed by atoms with Gasteiger partial charge in [0.2, 0.25) is 0 Å². The van der Waals surface area contributed by atoms with Crippen LogP contribution in [0.5, 0.6) is 0 Å². The largest absolute Gasteiger partial charge is 0.337 e. The van der Waals surface area contributed by atoms with Crippen molar-refractivity contribution in [1.29, 1.82) is 0 Å². The van der Waals surface area contributed by atoms with Gasteiger partial charge in [-0.15, -0.1) is 6.58 Å². The highest BCUT2D eigenvalue weighted by atomic mass is 16.2. The third-order valence-corrected chi connectivity index (χ3v) is 5.04. The minimum absolute atomic E-state index is 0.137. The number of likely N-dealkylation sites (tertiary alicyclic amines) is 1. The number of carbonyl (C=O) groups excluding carboxylic acids is 1. The van der Waals surface area contributed by atoms with Crippen molar-refractivity contribution in [3.63, 3.8) is 0 Å². The van der Waals surface area contributed by atoms with Gasteiger partial charge in [-0.2, -0.15) is 5.10 Å². The van der Waals surface area contributed by atoms with Gasteiger partial charge in [0.05, 0.1) is 0 Å². The van der Waals surface area contributed by atoms with E-state index in [2.05, 4.69) is 23.9 Å². The van der Waals surface area contributed by atoms with Gasteiger partial charge in [0.15, 0.2) is 5.69 Å². The van der Waals surface area contributed by atoms with E-state index in [9.17, 15) is 4.79 Å². The summed E-state index contributed by atoms with van der Waals surface area (Å²) in [4.78, 5) is 14.9. The summed E-state index contributed by atoms with van der Waals surface area (Å²) in [6, 6.07) is 0.419. The molecule has 5 nitrogen and oxygen atoms in total. The molecule has 1 unspecified atom stereocenters. The maximum absolute atomic E-state index is 12.9. The van der Waals surface area contributed by atoms with Crippen LogP contribution in [0.3, 0.4) is 0 Å². The van der Waals surface area contributed by atoms with Gasteiger partial charge in [-0.05, 0) is 45.4 Å². The number of aromatic nitrogens is 2. The predicted molar refractivity (Wildman–Crippen MR) is 91.7 cm³/mol. The van der Waals surface area contributed by atoms with Crippen LogP contribution in [0.15, 0.2) is 12.7 Å². The van der Waals surface area contributed by atoms with Crippen LogP contribution in [-0.4, -0.2) is 46.3 Å². The molecule has 2 heterocycles. The summed E-state index contributed by atoms with van der Waals surface area (Å²) in [6.45, 7) is 9.29. The molecule has 126 valence electrons. The molecule has 5 heteroatoms. The Bertz CT molecular complexity index is 572. The second kappa shape index (κ2) is 7.30. The molecule has 0 radical (unpaired) electrons. The molecule has 1 aromatic heterocycles. The molecule has 1 aromatic rings. The number of aryl methyl sites for hydroxylation is 1. The highest BCUT2D eigenvalue weighted by molar-refractivity contribution is 5.94. The van der Waals surface area contributed by atoms with E-state index in [-0.39, 0.29) is 5.91 Å². The number of nitrogens with one attached hydrogen (secondary N) is 1. The minimum atomic E-state index is 0.137. The van der Waals surface area contributed by atoms with E-state index in [1.807, 2.05) is 15.7 Å². The number of fused-ring (bicyclic) bond motifs is 1. The Kier molecular flexibility index (Phi) is 5.16. The van der Waals surface area contributed by atoms with E-state index >= 15 is 0 Å². The first-order valence-corrected chi connectivity index (χ1v) is 8.96. The van der Waals surface area contributed by atoms with E-state index < -0.39 is 0 Å². The number of amides is 1. The second-order valence-electron chi connectivity index (χ2n) is 6.58. The fourth-order valence-electron chi connectivity index (χ4n) is 3.79. The summed E-state index contributed by atoms with van der Waals surface area (Å²) in [5, 5.41) is 8.18. The Morgan fingerprint density at radius 2 is 2.17 bits per heavy atom. The molecule has 1 N–H and O–H groups in total. The van der Waals surface area contributed by atoms with E-state index in [0.717, 1.165) is 58.3 Å². The van der Waals surface area contributed by atoms with Crippen molar-refractivity contribution in [2.45, 2.75) is 58.0 Å². The Hall–Kier alpha value is -1.62. The molecule has 0 bridgehead atoms. The second-order valence-corrected chi connectivity index (χ2v) is 6.58. The highest BCUT2D eigenvalue weighted by Crippen LogP contribution is 2.26. The van der Waals surface area contributed by atoms with Crippen LogP contribution in [0.25, 0.3) is 0 Å². The van der Waals surface area contributed by atoms with Gasteiger partial charge in [0, 0.05) is 43.5 Å². The van der Waals surface area contributed by atoms with E-state index in [1.54, 1.807) is 0 Å². The number of rotatable bonds is 5. The number of hydrogen-bond donors (Lipinski definition) is 1. The lowest BCUT2D eigenvalue weighted by molar-refractivity contribution is 0.0716. The smallest absolute Gasteiger partial charge is 0.274 e. The van der Waals surface area contributed by atoms with Crippen molar-refractivity contribution in [3.05, 3.63) is 29.6 Å². The van der Waals surface area contributed by atoms with Crippen molar-refractivity contribution < 1.29 is 4.79 Å². The topological polar surface area (TPSA) is 50.2 Å². The van der Waals surface area contributed by atoms with Crippen molar-refractivity contribution in [2.75, 3.05) is 19.6 Å². The fraction of sp³-hybridized carbons (Fsp3) is 0.667. The van der Waals surface area contributed by atoms with E-state index in [1.165, 1.54) is 17.7 Å². The number of nitrogens with zero attached hydrogens (tertiary/aromatic N) is 3. The van der Waals surface area contributed by atoms with Gasteiger partial charge in [-0.3, -0.25) is 9.48 Å². The van der Waals surface area contributed by atoms with Crippen molar-refractivity contribution in [2.24, 2.45) is 0 Å². The maximum Gasteiger partial charge on any atom is 0.274 e. The highest BCUT2D eigenvalue weighted by Gasteiger charge is 2.30. The van der Waals surface area contributed by atoms with Crippen molar-refractivity contribution in [1.82, 2.24) is 20.0 Å². The van der Waals surface area contributed by atoms with Crippen LogP contribution in [-0.2, 0) is 19.4 Å². The fourth-order valence-corrected chi connectivity index (χ4v) is 3.79. The standard InChI is InChI=1S/C18H28N4O/c1-3-10-19-14-8-9-16-15(13-14)17(20-22(16)4-2)18(23)21-11-6-5-7-12-21/h3,14,19H,1,4-13H2,2H3. The zero-order valence-electron chi connectivity index (χ0n) is 14.2. The lowest BCUT2D eigenvalue weighted by Crippen LogP contribution is -2.38. The summed E-state index contributed by atoms with van der Waals surface area (Å²) in [5.74, 6) is 0.137. The van der Waals surface area contributed by atoms with Crippen molar-refractivity contribution in [3.8, 4) is 0 Å². The first-order valence-electron chi connectivity index (χ1n) is 8.96.